The molecule has 20 heavy (non-hydrogen) atoms. The third kappa shape index (κ3) is 3.45. The van der Waals surface area contributed by atoms with Crippen LogP contribution in [-0.4, -0.2) is 39.0 Å². The molecule has 0 saturated heterocycles. The molecule has 2 heterocycles. The van der Waals surface area contributed by atoms with Crippen molar-refractivity contribution in [2.45, 2.75) is 19.3 Å². The minimum Gasteiger partial charge on any atom is -0.476 e. The predicted octanol–water partition coefficient (Wildman–Crippen LogP) is 2.98. The van der Waals surface area contributed by atoms with Crippen molar-refractivity contribution in [2.75, 3.05) is 23.9 Å². The number of aromatic nitrogens is 2. The van der Waals surface area contributed by atoms with Gasteiger partial charge in [0.2, 0.25) is 0 Å². The maximum absolute atomic E-state index is 11.4. The Morgan fingerprint density at radius 3 is 3.00 bits per heavy atom. The van der Waals surface area contributed by atoms with Gasteiger partial charge in [0.1, 0.15) is 5.65 Å². The number of nitrogens with one attached hydrogen (secondary N) is 1. The van der Waals surface area contributed by atoms with Gasteiger partial charge in [-0.1, -0.05) is 12.5 Å². The second-order valence-corrected chi connectivity index (χ2v) is 5.51. The van der Waals surface area contributed by atoms with E-state index in [0.29, 0.717) is 11.5 Å². The molecule has 0 saturated carbocycles. The van der Waals surface area contributed by atoms with Crippen LogP contribution >= 0.6 is 11.8 Å². The Bertz CT molecular complexity index is 583. The van der Waals surface area contributed by atoms with Crippen LogP contribution in [0, 0.1) is 0 Å². The van der Waals surface area contributed by atoms with Gasteiger partial charge in [-0.2, -0.15) is 11.8 Å². The number of hydrogen-bond donors (Lipinski definition) is 2. The monoisotopic (exact) mass is 293 g/mol. The van der Waals surface area contributed by atoms with Crippen molar-refractivity contribution in [2.24, 2.45) is 0 Å². The Morgan fingerprint density at radius 2 is 2.25 bits per heavy atom. The van der Waals surface area contributed by atoms with E-state index in [9.17, 15) is 9.90 Å². The zero-order valence-electron chi connectivity index (χ0n) is 11.5. The van der Waals surface area contributed by atoms with E-state index in [2.05, 4.69) is 16.6 Å². The van der Waals surface area contributed by atoms with Crippen LogP contribution < -0.4 is 5.32 Å². The maximum atomic E-state index is 11.4. The number of pyridine rings is 1. The molecule has 0 unspecified atom stereocenters. The lowest BCUT2D eigenvalue weighted by Crippen LogP contribution is -2.09. The summed E-state index contributed by atoms with van der Waals surface area (Å²) in [5.74, 6) is 0.663. The second-order valence-electron chi connectivity index (χ2n) is 4.52. The van der Waals surface area contributed by atoms with Gasteiger partial charge in [0.15, 0.2) is 11.5 Å². The van der Waals surface area contributed by atoms with Crippen molar-refractivity contribution < 1.29 is 9.90 Å². The number of fused-ring (bicyclic) bond motifs is 1. The molecule has 5 nitrogen and oxygen atoms in total. The van der Waals surface area contributed by atoms with E-state index in [4.69, 9.17) is 0 Å². The maximum Gasteiger partial charge on any atom is 0.356 e. The van der Waals surface area contributed by atoms with Crippen LogP contribution in [0.15, 0.2) is 24.4 Å². The number of rotatable bonds is 8. The fourth-order valence-electron chi connectivity index (χ4n) is 2.08. The first-order valence-electron chi connectivity index (χ1n) is 6.67. The van der Waals surface area contributed by atoms with Crippen LogP contribution in [0.5, 0.6) is 0 Å². The van der Waals surface area contributed by atoms with E-state index in [0.717, 1.165) is 19.4 Å². The lowest BCUT2D eigenvalue weighted by atomic mass is 10.2. The summed E-state index contributed by atoms with van der Waals surface area (Å²) in [4.78, 5) is 15.7. The highest BCUT2D eigenvalue weighted by Crippen LogP contribution is 2.17. The topological polar surface area (TPSA) is 66.6 Å². The van der Waals surface area contributed by atoms with E-state index in [1.54, 1.807) is 22.7 Å². The Kier molecular flexibility index (Phi) is 5.29. The van der Waals surface area contributed by atoms with Crippen molar-refractivity contribution in [3.05, 3.63) is 30.1 Å². The largest absolute Gasteiger partial charge is 0.476 e. The number of thioether (sulfide) groups is 1. The van der Waals surface area contributed by atoms with Crippen LogP contribution in [0.4, 0.5) is 5.82 Å². The van der Waals surface area contributed by atoms with Crippen molar-refractivity contribution in [1.82, 2.24) is 9.38 Å². The molecule has 0 radical (unpaired) electrons. The van der Waals surface area contributed by atoms with Gasteiger partial charge < -0.3 is 10.4 Å². The molecule has 108 valence electrons. The summed E-state index contributed by atoms with van der Waals surface area (Å²) in [6.07, 6.45) is 7.18. The highest BCUT2D eigenvalue weighted by Gasteiger charge is 2.17. The number of imidazole rings is 1. The van der Waals surface area contributed by atoms with Gasteiger partial charge in [0, 0.05) is 12.7 Å². The fourth-order valence-corrected chi connectivity index (χ4v) is 2.57. The number of unbranched alkanes of at least 4 members (excludes halogenated alkanes) is 2. The number of carboxylic acids is 1. The number of nitrogens with zero attached hydrogens (tertiary/aromatic N) is 2. The Hall–Kier alpha value is -1.69. The lowest BCUT2D eigenvalue weighted by Gasteiger charge is -2.04. The average molecular weight is 293 g/mol. The van der Waals surface area contributed by atoms with Gasteiger partial charge in [-0.25, -0.2) is 9.78 Å². The van der Waals surface area contributed by atoms with Crippen molar-refractivity contribution in [3.63, 3.8) is 0 Å². The smallest absolute Gasteiger partial charge is 0.356 e. The molecule has 2 aromatic heterocycles. The van der Waals surface area contributed by atoms with Crippen LogP contribution in [0.1, 0.15) is 29.8 Å². The lowest BCUT2D eigenvalue weighted by molar-refractivity contribution is 0.0690. The first kappa shape index (κ1) is 14.7. The van der Waals surface area contributed by atoms with E-state index in [-0.39, 0.29) is 5.69 Å². The summed E-state index contributed by atoms with van der Waals surface area (Å²) in [7, 11) is 0. The van der Waals surface area contributed by atoms with Gasteiger partial charge in [0.25, 0.3) is 0 Å². The molecule has 0 aliphatic heterocycles. The van der Waals surface area contributed by atoms with E-state index >= 15 is 0 Å². The predicted molar refractivity (Wildman–Crippen MR) is 82.9 cm³/mol. The molecule has 0 amide bonds. The summed E-state index contributed by atoms with van der Waals surface area (Å²) in [6.45, 7) is 0.749. The molecular weight excluding hydrogens is 274 g/mol. The Morgan fingerprint density at radius 1 is 1.40 bits per heavy atom. The fraction of sp³-hybridized carbons (Fsp3) is 0.429. The second kappa shape index (κ2) is 7.19. The Labute approximate surface area is 122 Å². The average Bonchev–Trinajstić information content (AvgIpc) is 2.81. The standard InChI is InChI=1S/C14H19N3O2S/c1-20-10-6-2-4-8-15-13-12(14(18)19)17-9-5-3-7-11(17)16-13/h3,5,7,9,15H,2,4,6,8,10H2,1H3,(H,18,19). The highest BCUT2D eigenvalue weighted by molar-refractivity contribution is 7.98. The number of carbonyl (C=O) groups is 1. The summed E-state index contributed by atoms with van der Waals surface area (Å²) in [6, 6.07) is 5.45. The number of aromatic carboxylic acids is 1. The van der Waals surface area contributed by atoms with Gasteiger partial charge in [-0.05, 0) is 37.0 Å². The van der Waals surface area contributed by atoms with E-state index in [1.165, 1.54) is 12.2 Å². The van der Waals surface area contributed by atoms with Crippen molar-refractivity contribution in [1.29, 1.82) is 0 Å². The molecule has 0 atom stereocenters. The summed E-state index contributed by atoms with van der Waals surface area (Å²) in [5, 5.41) is 12.5. The summed E-state index contributed by atoms with van der Waals surface area (Å²) in [5.41, 5.74) is 0.847. The van der Waals surface area contributed by atoms with Crippen molar-refractivity contribution >= 4 is 29.2 Å². The van der Waals surface area contributed by atoms with Gasteiger partial charge in [-0.3, -0.25) is 4.40 Å². The number of hydrogen-bond acceptors (Lipinski definition) is 4. The zero-order valence-corrected chi connectivity index (χ0v) is 12.3. The SMILES string of the molecule is CSCCCCCNc1nc2ccccn2c1C(=O)O. The summed E-state index contributed by atoms with van der Waals surface area (Å²) >= 11 is 1.85. The van der Waals surface area contributed by atoms with Crippen LogP contribution in [0.25, 0.3) is 5.65 Å². The van der Waals surface area contributed by atoms with Gasteiger partial charge >= 0.3 is 5.97 Å². The van der Waals surface area contributed by atoms with E-state index < -0.39 is 5.97 Å². The molecule has 0 fully saturated rings. The molecule has 0 bridgehead atoms. The number of carboxylic acid groups (broad SMARTS) is 1. The molecule has 2 aromatic rings. The highest BCUT2D eigenvalue weighted by atomic mass is 32.2. The number of anilines is 1. The van der Waals surface area contributed by atoms with Crippen LogP contribution in [0.3, 0.4) is 0 Å². The molecular formula is C14H19N3O2S. The third-order valence-corrected chi connectivity index (χ3v) is 3.75. The summed E-state index contributed by atoms with van der Waals surface area (Å²) < 4.78 is 1.60. The first-order chi connectivity index (χ1) is 9.74. The molecule has 0 spiro atoms. The van der Waals surface area contributed by atoms with Crippen molar-refractivity contribution in [3.8, 4) is 0 Å². The molecule has 2 rings (SSSR count). The molecule has 0 aliphatic rings. The molecule has 0 aliphatic carbocycles. The van der Waals surface area contributed by atoms with Gasteiger partial charge in [0.05, 0.1) is 0 Å². The third-order valence-electron chi connectivity index (χ3n) is 3.05. The Balaban J connectivity index is 2.02. The minimum absolute atomic E-state index is 0.199. The van der Waals surface area contributed by atoms with E-state index in [1.807, 2.05) is 17.8 Å². The molecule has 6 heteroatoms. The van der Waals surface area contributed by atoms with Crippen LogP contribution in [0.2, 0.25) is 0 Å². The molecule has 2 N–H and O–H groups in total. The van der Waals surface area contributed by atoms with Gasteiger partial charge in [-0.15, -0.1) is 0 Å². The first-order valence-corrected chi connectivity index (χ1v) is 8.06. The minimum atomic E-state index is -0.964. The normalized spacial score (nSPS) is 10.8. The zero-order chi connectivity index (χ0) is 14.4. The quantitative estimate of drug-likeness (QED) is 0.732. The molecule has 0 aromatic carbocycles. The van der Waals surface area contributed by atoms with Crippen LogP contribution in [-0.2, 0) is 0 Å².